The largest absolute Gasteiger partial charge is 0.462 e. The molecule has 0 saturated heterocycles. The van der Waals surface area contributed by atoms with E-state index in [2.05, 4.69) is 167 Å². The zero-order valence-electron chi connectivity index (χ0n) is 51.8. The molecule has 0 aliphatic heterocycles. The molecule has 0 aromatic carbocycles. The first-order chi connectivity index (χ1) is 39.5. The molecule has 6 heteroatoms. The summed E-state index contributed by atoms with van der Waals surface area (Å²) in [4.78, 5) is 38.1. The molecule has 1 unspecified atom stereocenters. The van der Waals surface area contributed by atoms with Crippen molar-refractivity contribution < 1.29 is 28.6 Å². The van der Waals surface area contributed by atoms with Gasteiger partial charge in [0, 0.05) is 19.3 Å². The van der Waals surface area contributed by atoms with Crippen LogP contribution in [0.1, 0.15) is 284 Å². The monoisotopic (exact) mass is 1100 g/mol. The maximum atomic E-state index is 12.9. The average Bonchev–Trinajstić information content (AvgIpc) is 3.46. The van der Waals surface area contributed by atoms with Crippen molar-refractivity contribution in [2.45, 2.75) is 290 Å². The molecule has 80 heavy (non-hydrogen) atoms. The highest BCUT2D eigenvalue weighted by atomic mass is 16.6. The summed E-state index contributed by atoms with van der Waals surface area (Å²) in [6.07, 6.45) is 95.9. The molecule has 0 aromatic rings. The van der Waals surface area contributed by atoms with Gasteiger partial charge in [-0.05, 0) is 122 Å². The number of unbranched alkanes of at least 4 members (excludes halogenated alkanes) is 23. The van der Waals surface area contributed by atoms with E-state index in [-0.39, 0.29) is 37.5 Å². The van der Waals surface area contributed by atoms with E-state index in [9.17, 15) is 14.4 Å². The maximum Gasteiger partial charge on any atom is 0.306 e. The second-order valence-electron chi connectivity index (χ2n) is 21.3. The summed E-state index contributed by atoms with van der Waals surface area (Å²) in [5, 5.41) is 0. The highest BCUT2D eigenvalue weighted by Gasteiger charge is 2.19. The summed E-state index contributed by atoms with van der Waals surface area (Å²) in [5.41, 5.74) is 0. The van der Waals surface area contributed by atoms with Crippen LogP contribution >= 0.6 is 0 Å². The van der Waals surface area contributed by atoms with Crippen molar-refractivity contribution in [2.75, 3.05) is 13.2 Å². The van der Waals surface area contributed by atoms with Gasteiger partial charge in [-0.15, -0.1) is 0 Å². The third kappa shape index (κ3) is 64.1. The van der Waals surface area contributed by atoms with Gasteiger partial charge in [0.25, 0.3) is 0 Å². The van der Waals surface area contributed by atoms with Crippen LogP contribution in [0.5, 0.6) is 0 Å². The van der Waals surface area contributed by atoms with Crippen molar-refractivity contribution in [2.24, 2.45) is 0 Å². The van der Waals surface area contributed by atoms with Crippen LogP contribution in [0.25, 0.3) is 0 Å². The highest BCUT2D eigenvalue weighted by molar-refractivity contribution is 5.71. The Balaban J connectivity index is 4.32. The predicted octanol–water partition coefficient (Wildman–Crippen LogP) is 22.7. The van der Waals surface area contributed by atoms with E-state index in [1.807, 2.05) is 0 Å². The Labute approximate surface area is 493 Å². The number of carbonyl (C=O) groups is 3. The van der Waals surface area contributed by atoms with Crippen molar-refractivity contribution in [3.05, 3.63) is 146 Å². The number of rotatable bonds is 58. The molecule has 0 rings (SSSR count). The highest BCUT2D eigenvalue weighted by Crippen LogP contribution is 2.15. The second-order valence-corrected chi connectivity index (χ2v) is 21.3. The van der Waals surface area contributed by atoms with Crippen LogP contribution in [-0.4, -0.2) is 37.2 Å². The predicted molar refractivity (Wildman–Crippen MR) is 348 cm³/mol. The molecule has 0 heterocycles. The van der Waals surface area contributed by atoms with Gasteiger partial charge in [-0.25, -0.2) is 0 Å². The molecule has 0 amide bonds. The molecule has 452 valence electrons. The van der Waals surface area contributed by atoms with E-state index in [1.54, 1.807) is 0 Å². The van der Waals surface area contributed by atoms with Gasteiger partial charge in [0.1, 0.15) is 13.2 Å². The summed E-state index contributed by atoms with van der Waals surface area (Å²) in [6.45, 7) is 6.44. The molecule has 0 spiro atoms. The number of ether oxygens (including phenoxy) is 3. The van der Waals surface area contributed by atoms with Crippen LogP contribution in [-0.2, 0) is 28.6 Å². The number of hydrogen-bond donors (Lipinski definition) is 0. The molecule has 6 nitrogen and oxygen atoms in total. The number of esters is 3. The average molecular weight is 1110 g/mol. The Morgan fingerprint density at radius 3 is 0.812 bits per heavy atom. The fourth-order valence-electron chi connectivity index (χ4n) is 8.69. The zero-order chi connectivity index (χ0) is 57.8. The molecular weight excluding hydrogens is 985 g/mol. The summed E-state index contributed by atoms with van der Waals surface area (Å²) < 4.78 is 16.8. The molecule has 0 bridgehead atoms. The summed E-state index contributed by atoms with van der Waals surface area (Å²) in [7, 11) is 0. The minimum atomic E-state index is -0.808. The van der Waals surface area contributed by atoms with E-state index in [0.717, 1.165) is 116 Å². The fraction of sp³-hybridized carbons (Fsp3) is 0.635. The number of allylic oxidation sites excluding steroid dienone is 24. The lowest BCUT2D eigenvalue weighted by Crippen LogP contribution is -2.30. The van der Waals surface area contributed by atoms with E-state index < -0.39 is 6.10 Å². The number of hydrogen-bond acceptors (Lipinski definition) is 6. The van der Waals surface area contributed by atoms with Crippen LogP contribution in [0.3, 0.4) is 0 Å². The molecule has 0 N–H and O–H groups in total. The standard InChI is InChI=1S/C74H120O6/c1-4-7-10-13-16-19-21-23-25-27-29-31-33-35-36-37-38-40-41-43-45-47-49-51-53-55-58-61-64-67-73(76)79-70-71(69-78-72(75)66-63-60-57-18-15-12-9-6-3)80-74(77)68-65-62-59-56-54-52-50-48-46-44-42-39-34-32-30-28-26-24-22-20-17-14-11-8-5-2/h7,10,16,19,22-25,28-31,34-36,38-40,43,45,49,51,55,58,71H,4-6,8-9,11-15,17-18,20-21,26-27,32-33,37,41-42,44,46-48,50,52-54,56-57,59-70H2,1-3H3/b10-7-,19-16-,24-22-,25-23-,30-28-,31-29-,36-35-,39-34-,40-38-,45-43-,51-49-,58-55-. The quantitative estimate of drug-likeness (QED) is 0.0261. The lowest BCUT2D eigenvalue weighted by Gasteiger charge is -2.18. The lowest BCUT2D eigenvalue weighted by atomic mass is 10.0. The number of carbonyl (C=O) groups excluding carboxylic acids is 3. The van der Waals surface area contributed by atoms with Crippen molar-refractivity contribution >= 4 is 17.9 Å². The van der Waals surface area contributed by atoms with Crippen LogP contribution in [0.15, 0.2) is 146 Å². The van der Waals surface area contributed by atoms with E-state index in [4.69, 9.17) is 14.2 Å². The normalized spacial score (nSPS) is 13.1. The van der Waals surface area contributed by atoms with Gasteiger partial charge < -0.3 is 14.2 Å². The molecule has 0 saturated carbocycles. The van der Waals surface area contributed by atoms with Gasteiger partial charge in [-0.2, -0.15) is 0 Å². The lowest BCUT2D eigenvalue weighted by molar-refractivity contribution is -0.167. The summed E-state index contributed by atoms with van der Waals surface area (Å²) in [6, 6.07) is 0. The molecule has 0 fully saturated rings. The molecular formula is C74H120O6. The fourth-order valence-corrected chi connectivity index (χ4v) is 8.69. The minimum Gasteiger partial charge on any atom is -0.462 e. The van der Waals surface area contributed by atoms with Gasteiger partial charge >= 0.3 is 17.9 Å². The maximum absolute atomic E-state index is 12.9. The molecule has 0 aromatic heterocycles. The smallest absolute Gasteiger partial charge is 0.306 e. The Bertz CT molecular complexity index is 1750. The van der Waals surface area contributed by atoms with Gasteiger partial charge in [-0.1, -0.05) is 289 Å². The third-order valence-corrected chi connectivity index (χ3v) is 13.6. The van der Waals surface area contributed by atoms with E-state index in [1.165, 1.54) is 122 Å². The Kier molecular flexibility index (Phi) is 62.9. The topological polar surface area (TPSA) is 78.9 Å². The van der Waals surface area contributed by atoms with Crippen molar-refractivity contribution in [1.82, 2.24) is 0 Å². The van der Waals surface area contributed by atoms with Gasteiger partial charge in [-0.3, -0.25) is 14.4 Å². The van der Waals surface area contributed by atoms with Crippen LogP contribution in [0.2, 0.25) is 0 Å². The molecule has 0 aliphatic rings. The van der Waals surface area contributed by atoms with Crippen LogP contribution in [0, 0.1) is 0 Å². The van der Waals surface area contributed by atoms with Crippen LogP contribution < -0.4 is 0 Å². The Morgan fingerprint density at radius 2 is 0.500 bits per heavy atom. The Morgan fingerprint density at radius 1 is 0.263 bits per heavy atom. The second kappa shape index (κ2) is 66.8. The Hall–Kier alpha value is -4.71. The minimum absolute atomic E-state index is 0.101. The van der Waals surface area contributed by atoms with Crippen molar-refractivity contribution in [3.63, 3.8) is 0 Å². The van der Waals surface area contributed by atoms with Crippen LogP contribution in [0.4, 0.5) is 0 Å². The van der Waals surface area contributed by atoms with E-state index in [0.29, 0.717) is 19.3 Å². The zero-order valence-corrected chi connectivity index (χ0v) is 51.8. The van der Waals surface area contributed by atoms with Crippen molar-refractivity contribution in [3.8, 4) is 0 Å². The summed E-state index contributed by atoms with van der Waals surface area (Å²) >= 11 is 0. The van der Waals surface area contributed by atoms with Crippen molar-refractivity contribution in [1.29, 1.82) is 0 Å². The summed E-state index contributed by atoms with van der Waals surface area (Å²) in [5.74, 6) is -0.972. The first-order valence-electron chi connectivity index (χ1n) is 32.8. The van der Waals surface area contributed by atoms with Gasteiger partial charge in [0.05, 0.1) is 0 Å². The third-order valence-electron chi connectivity index (χ3n) is 13.6. The molecule has 1 atom stereocenters. The molecule has 0 aliphatic carbocycles. The van der Waals surface area contributed by atoms with Gasteiger partial charge in [0.2, 0.25) is 0 Å². The first kappa shape index (κ1) is 75.3. The SMILES string of the molecule is CC/C=C\C/C=C\C/C=C\C/C=C\C/C=C\C/C=C\C/C=C\C/C=C\C/C=C\CCCC(=O)OCC(COC(=O)CCCCCCCCCC)OC(=O)CCCCCCCCCCCC/C=C\C/C=C\C/C=C\CCCCCCC. The molecule has 0 radical (unpaired) electrons. The van der Waals surface area contributed by atoms with Gasteiger partial charge in [0.15, 0.2) is 6.10 Å². The van der Waals surface area contributed by atoms with E-state index >= 15 is 0 Å². The first-order valence-corrected chi connectivity index (χ1v) is 32.8.